The van der Waals surface area contributed by atoms with E-state index in [-0.39, 0.29) is 31.1 Å². The van der Waals surface area contributed by atoms with E-state index < -0.39 is 6.10 Å². The molecule has 1 atom stereocenters. The van der Waals surface area contributed by atoms with Crippen LogP contribution < -0.4 is 0 Å². The number of rotatable bonds is 58. The molecule has 0 radical (unpaired) electrons. The summed E-state index contributed by atoms with van der Waals surface area (Å²) in [6.45, 7) is 6.58. The number of esters is 3. The molecular formula is C66H120O6. The minimum atomic E-state index is -0.773. The van der Waals surface area contributed by atoms with Gasteiger partial charge >= 0.3 is 17.9 Å². The number of hydrogen-bond acceptors (Lipinski definition) is 6. The van der Waals surface area contributed by atoms with Gasteiger partial charge in [0.15, 0.2) is 6.10 Å². The summed E-state index contributed by atoms with van der Waals surface area (Å²) in [5.74, 6) is -0.855. The Morgan fingerprint density at radius 2 is 0.542 bits per heavy atom. The molecule has 0 aromatic carbocycles. The highest BCUT2D eigenvalue weighted by atomic mass is 16.6. The SMILES string of the molecule is CC/C=C\C/C=C\C/C=C\C/C=C\CCCCCCCCCCC(=O)OCC(COC(=O)CCCCCCCCCCCCCCCCCC)OC(=O)CCCCCCCCCCCCCCCCCCC. The van der Waals surface area contributed by atoms with Crippen molar-refractivity contribution < 1.29 is 28.6 Å². The average Bonchev–Trinajstić information content (AvgIpc) is 3.38. The Labute approximate surface area is 448 Å². The molecule has 6 heteroatoms. The van der Waals surface area contributed by atoms with E-state index in [2.05, 4.69) is 69.4 Å². The lowest BCUT2D eigenvalue weighted by molar-refractivity contribution is -0.167. The molecule has 0 aromatic heterocycles. The predicted molar refractivity (Wildman–Crippen MR) is 312 cm³/mol. The molecule has 0 amide bonds. The molecule has 0 aromatic rings. The van der Waals surface area contributed by atoms with Crippen molar-refractivity contribution in [2.45, 2.75) is 341 Å². The largest absolute Gasteiger partial charge is 0.462 e. The second-order valence-electron chi connectivity index (χ2n) is 21.3. The summed E-state index contributed by atoms with van der Waals surface area (Å²) in [4.78, 5) is 38.3. The van der Waals surface area contributed by atoms with Crippen LogP contribution in [0.25, 0.3) is 0 Å². The van der Waals surface area contributed by atoms with E-state index in [9.17, 15) is 14.4 Å². The predicted octanol–water partition coefficient (Wildman–Crippen LogP) is 21.4. The third-order valence-electron chi connectivity index (χ3n) is 14.1. The van der Waals surface area contributed by atoms with Gasteiger partial charge in [-0.25, -0.2) is 0 Å². The summed E-state index contributed by atoms with van der Waals surface area (Å²) in [7, 11) is 0. The third kappa shape index (κ3) is 58.3. The first kappa shape index (κ1) is 69.4. The normalized spacial score (nSPS) is 12.3. The summed E-state index contributed by atoms with van der Waals surface area (Å²) in [6, 6.07) is 0. The molecule has 0 aliphatic heterocycles. The molecule has 0 bridgehead atoms. The standard InChI is InChI=1S/C66H120O6/c1-4-7-10-13-16-19-22-25-28-31-32-33-34-36-38-41-44-47-50-53-56-59-65(68)71-62-63(61-70-64(67)58-55-52-49-46-43-40-37-30-27-24-21-18-15-12-9-6-3)72-66(69)60-57-54-51-48-45-42-39-35-29-26-23-20-17-14-11-8-5-2/h7,10,16,19,25,28,32-33,63H,4-6,8-9,11-15,17-18,20-24,26-27,29-31,34-62H2,1-3H3/b10-7-,19-16-,28-25-,33-32-. The number of ether oxygens (including phenoxy) is 3. The Morgan fingerprint density at radius 1 is 0.292 bits per heavy atom. The number of carbonyl (C=O) groups excluding carboxylic acids is 3. The first-order valence-corrected chi connectivity index (χ1v) is 31.6. The van der Waals surface area contributed by atoms with Gasteiger partial charge in [-0.05, 0) is 57.8 Å². The fraction of sp³-hybridized carbons (Fsp3) is 0.833. The van der Waals surface area contributed by atoms with Gasteiger partial charge in [0.25, 0.3) is 0 Å². The molecule has 0 fully saturated rings. The number of allylic oxidation sites excluding steroid dienone is 8. The van der Waals surface area contributed by atoms with Crippen LogP contribution in [0.4, 0.5) is 0 Å². The lowest BCUT2D eigenvalue weighted by Crippen LogP contribution is -2.30. The van der Waals surface area contributed by atoms with Crippen LogP contribution in [-0.2, 0) is 28.6 Å². The van der Waals surface area contributed by atoms with Gasteiger partial charge in [-0.2, -0.15) is 0 Å². The molecular weight excluding hydrogens is 889 g/mol. The topological polar surface area (TPSA) is 78.9 Å². The lowest BCUT2D eigenvalue weighted by atomic mass is 10.0. The van der Waals surface area contributed by atoms with E-state index in [0.717, 1.165) is 89.9 Å². The van der Waals surface area contributed by atoms with Crippen LogP contribution in [0.3, 0.4) is 0 Å². The van der Waals surface area contributed by atoms with E-state index in [1.807, 2.05) is 0 Å². The van der Waals surface area contributed by atoms with Crippen molar-refractivity contribution in [2.24, 2.45) is 0 Å². The van der Waals surface area contributed by atoms with Crippen LogP contribution in [-0.4, -0.2) is 37.2 Å². The Kier molecular flexibility index (Phi) is 58.7. The fourth-order valence-electron chi connectivity index (χ4n) is 9.38. The van der Waals surface area contributed by atoms with E-state index in [1.165, 1.54) is 205 Å². The summed E-state index contributed by atoms with van der Waals surface area (Å²) in [6.07, 6.45) is 75.4. The number of carbonyl (C=O) groups is 3. The molecule has 6 nitrogen and oxygen atoms in total. The quantitative estimate of drug-likeness (QED) is 0.0261. The van der Waals surface area contributed by atoms with Crippen LogP contribution in [0.1, 0.15) is 335 Å². The van der Waals surface area contributed by atoms with Crippen molar-refractivity contribution in [3.8, 4) is 0 Å². The summed E-state index contributed by atoms with van der Waals surface area (Å²) < 4.78 is 16.9. The molecule has 0 rings (SSSR count). The molecule has 0 aliphatic carbocycles. The van der Waals surface area contributed by atoms with Gasteiger partial charge < -0.3 is 14.2 Å². The molecule has 0 spiro atoms. The zero-order chi connectivity index (χ0) is 52.2. The van der Waals surface area contributed by atoms with E-state index in [0.29, 0.717) is 19.3 Å². The molecule has 0 N–H and O–H groups in total. The maximum Gasteiger partial charge on any atom is 0.306 e. The van der Waals surface area contributed by atoms with Crippen molar-refractivity contribution in [1.82, 2.24) is 0 Å². The summed E-state index contributed by atoms with van der Waals surface area (Å²) in [5, 5.41) is 0. The Bertz CT molecular complexity index is 1250. The maximum atomic E-state index is 12.9. The first-order chi connectivity index (χ1) is 35.5. The highest BCUT2D eigenvalue weighted by Crippen LogP contribution is 2.18. The molecule has 420 valence electrons. The lowest BCUT2D eigenvalue weighted by Gasteiger charge is -2.18. The second kappa shape index (κ2) is 60.9. The monoisotopic (exact) mass is 1010 g/mol. The summed E-state index contributed by atoms with van der Waals surface area (Å²) in [5.41, 5.74) is 0. The van der Waals surface area contributed by atoms with Gasteiger partial charge in [0.2, 0.25) is 0 Å². The smallest absolute Gasteiger partial charge is 0.306 e. The van der Waals surface area contributed by atoms with Gasteiger partial charge in [0, 0.05) is 19.3 Å². The first-order valence-electron chi connectivity index (χ1n) is 31.6. The van der Waals surface area contributed by atoms with Crippen molar-refractivity contribution in [3.05, 3.63) is 48.6 Å². The van der Waals surface area contributed by atoms with Crippen LogP contribution >= 0.6 is 0 Å². The minimum Gasteiger partial charge on any atom is -0.462 e. The molecule has 72 heavy (non-hydrogen) atoms. The van der Waals surface area contributed by atoms with Gasteiger partial charge in [0.05, 0.1) is 0 Å². The van der Waals surface area contributed by atoms with Crippen molar-refractivity contribution in [3.63, 3.8) is 0 Å². The van der Waals surface area contributed by atoms with Gasteiger partial charge in [-0.1, -0.05) is 307 Å². The van der Waals surface area contributed by atoms with Crippen LogP contribution in [0, 0.1) is 0 Å². The van der Waals surface area contributed by atoms with Gasteiger partial charge in [-0.15, -0.1) is 0 Å². The Morgan fingerprint density at radius 3 is 0.847 bits per heavy atom. The van der Waals surface area contributed by atoms with Gasteiger partial charge in [-0.3, -0.25) is 14.4 Å². The molecule has 1 unspecified atom stereocenters. The van der Waals surface area contributed by atoms with Gasteiger partial charge in [0.1, 0.15) is 13.2 Å². The highest BCUT2D eigenvalue weighted by molar-refractivity contribution is 5.71. The highest BCUT2D eigenvalue weighted by Gasteiger charge is 2.19. The molecule has 0 heterocycles. The Balaban J connectivity index is 4.33. The fourth-order valence-corrected chi connectivity index (χ4v) is 9.38. The van der Waals surface area contributed by atoms with E-state index in [1.54, 1.807) is 0 Å². The van der Waals surface area contributed by atoms with Crippen LogP contribution in [0.2, 0.25) is 0 Å². The Hall–Kier alpha value is -2.63. The van der Waals surface area contributed by atoms with E-state index >= 15 is 0 Å². The average molecular weight is 1010 g/mol. The molecule has 0 saturated heterocycles. The summed E-state index contributed by atoms with van der Waals surface area (Å²) >= 11 is 0. The van der Waals surface area contributed by atoms with Crippen molar-refractivity contribution in [1.29, 1.82) is 0 Å². The van der Waals surface area contributed by atoms with E-state index in [4.69, 9.17) is 14.2 Å². The van der Waals surface area contributed by atoms with Crippen LogP contribution in [0.5, 0.6) is 0 Å². The maximum absolute atomic E-state index is 12.9. The number of hydrogen-bond donors (Lipinski definition) is 0. The zero-order valence-electron chi connectivity index (χ0n) is 48.2. The van der Waals surface area contributed by atoms with Crippen molar-refractivity contribution in [2.75, 3.05) is 13.2 Å². The third-order valence-corrected chi connectivity index (χ3v) is 14.1. The molecule has 0 saturated carbocycles. The molecule has 0 aliphatic rings. The van der Waals surface area contributed by atoms with Crippen LogP contribution in [0.15, 0.2) is 48.6 Å². The zero-order valence-corrected chi connectivity index (χ0v) is 48.2. The van der Waals surface area contributed by atoms with Crippen molar-refractivity contribution >= 4 is 17.9 Å². The number of unbranched alkanes of at least 4 members (excludes halogenated alkanes) is 39. The minimum absolute atomic E-state index is 0.0702. The second-order valence-corrected chi connectivity index (χ2v) is 21.3.